The fourth-order valence-corrected chi connectivity index (χ4v) is 1.40. The second kappa shape index (κ2) is 4.58. The molecule has 0 aliphatic rings. The fourth-order valence-electron chi connectivity index (χ4n) is 1.40. The molecule has 0 aromatic heterocycles. The van der Waals surface area contributed by atoms with E-state index in [1.807, 2.05) is 12.1 Å². The average molecular weight is 193 g/mol. The summed E-state index contributed by atoms with van der Waals surface area (Å²) >= 11 is 0. The molecule has 0 amide bonds. The third kappa shape index (κ3) is 2.56. The van der Waals surface area contributed by atoms with Gasteiger partial charge in [-0.1, -0.05) is 38.1 Å². The normalized spacial score (nSPS) is 15.6. The second-order valence-electron chi connectivity index (χ2n) is 4.09. The van der Waals surface area contributed by atoms with Crippen molar-refractivity contribution in [3.8, 4) is 0 Å². The fraction of sp³-hybridized carbons (Fsp3) is 0.500. The Kier molecular flexibility index (Phi) is 3.67. The van der Waals surface area contributed by atoms with Crippen LogP contribution in [0.4, 0.5) is 0 Å². The summed E-state index contributed by atoms with van der Waals surface area (Å²) < 4.78 is 0. The smallest absolute Gasteiger partial charge is 0.0704 e. The zero-order valence-corrected chi connectivity index (χ0v) is 9.07. The lowest BCUT2D eigenvalue weighted by Crippen LogP contribution is -2.23. The minimum atomic E-state index is -0.502. The Balaban J connectivity index is 2.93. The first-order chi connectivity index (χ1) is 6.52. The molecule has 1 rings (SSSR count). The van der Waals surface area contributed by atoms with Crippen molar-refractivity contribution in [3.05, 3.63) is 35.4 Å². The quantitative estimate of drug-likeness (QED) is 0.773. The summed E-state index contributed by atoms with van der Waals surface area (Å²) in [6.07, 6.45) is -0.502. The van der Waals surface area contributed by atoms with E-state index in [1.54, 1.807) is 6.92 Å². The molecule has 0 radical (unpaired) electrons. The van der Waals surface area contributed by atoms with Gasteiger partial charge in [-0.15, -0.1) is 0 Å². The molecule has 78 valence electrons. The Labute approximate surface area is 85.8 Å². The molecular weight excluding hydrogens is 174 g/mol. The van der Waals surface area contributed by atoms with Crippen LogP contribution in [0.5, 0.6) is 0 Å². The van der Waals surface area contributed by atoms with Crippen LogP contribution in [0.25, 0.3) is 0 Å². The maximum absolute atomic E-state index is 9.38. The van der Waals surface area contributed by atoms with Crippen LogP contribution in [0, 0.1) is 0 Å². The van der Waals surface area contributed by atoms with Gasteiger partial charge in [0.05, 0.1) is 12.1 Å². The Morgan fingerprint density at radius 1 is 1.14 bits per heavy atom. The van der Waals surface area contributed by atoms with Crippen LogP contribution in [0.1, 0.15) is 43.9 Å². The number of aliphatic hydroxyl groups is 1. The van der Waals surface area contributed by atoms with Crippen molar-refractivity contribution in [1.29, 1.82) is 0 Å². The molecule has 0 spiro atoms. The third-order valence-corrected chi connectivity index (χ3v) is 2.48. The molecule has 0 bridgehead atoms. The van der Waals surface area contributed by atoms with Gasteiger partial charge in [0, 0.05) is 0 Å². The zero-order chi connectivity index (χ0) is 10.7. The summed E-state index contributed by atoms with van der Waals surface area (Å²) in [6.45, 7) is 6.01. The molecule has 0 saturated carbocycles. The van der Waals surface area contributed by atoms with Gasteiger partial charge in [0.1, 0.15) is 0 Å². The van der Waals surface area contributed by atoms with Gasteiger partial charge in [-0.2, -0.15) is 0 Å². The van der Waals surface area contributed by atoms with Crippen molar-refractivity contribution in [1.82, 2.24) is 0 Å². The molecule has 0 aliphatic heterocycles. The first-order valence-corrected chi connectivity index (χ1v) is 5.06. The molecule has 0 saturated heterocycles. The van der Waals surface area contributed by atoms with Gasteiger partial charge in [0.2, 0.25) is 0 Å². The summed E-state index contributed by atoms with van der Waals surface area (Å²) in [4.78, 5) is 0. The van der Waals surface area contributed by atoms with Gasteiger partial charge >= 0.3 is 0 Å². The Hall–Kier alpha value is -0.860. The summed E-state index contributed by atoms with van der Waals surface area (Å²) in [6, 6.07) is 7.83. The number of aliphatic hydroxyl groups excluding tert-OH is 1. The largest absolute Gasteiger partial charge is 0.391 e. The summed E-state index contributed by atoms with van der Waals surface area (Å²) in [5.41, 5.74) is 8.13. The second-order valence-corrected chi connectivity index (χ2v) is 4.09. The lowest BCUT2D eigenvalue weighted by molar-refractivity contribution is 0.164. The van der Waals surface area contributed by atoms with Crippen molar-refractivity contribution in [2.24, 2.45) is 5.73 Å². The third-order valence-electron chi connectivity index (χ3n) is 2.48. The first kappa shape index (κ1) is 11.2. The number of hydrogen-bond donors (Lipinski definition) is 2. The molecule has 3 N–H and O–H groups in total. The van der Waals surface area contributed by atoms with Gasteiger partial charge in [0.25, 0.3) is 0 Å². The van der Waals surface area contributed by atoms with E-state index in [0.717, 1.165) is 5.56 Å². The molecule has 0 aliphatic carbocycles. The Morgan fingerprint density at radius 2 is 1.71 bits per heavy atom. The van der Waals surface area contributed by atoms with Crippen LogP contribution in [-0.4, -0.2) is 11.2 Å². The number of nitrogens with two attached hydrogens (primary N) is 1. The lowest BCUT2D eigenvalue weighted by atomic mass is 9.96. The van der Waals surface area contributed by atoms with Crippen LogP contribution in [0.15, 0.2) is 24.3 Å². The van der Waals surface area contributed by atoms with E-state index in [0.29, 0.717) is 5.92 Å². The standard InChI is InChI=1S/C12H19NO/c1-8(2)10-5-4-6-11(7-10)12(13)9(3)14/h4-9,12,14H,13H2,1-3H3/t9-,12+/m1/s1. The van der Waals surface area contributed by atoms with Gasteiger partial charge in [-0.25, -0.2) is 0 Å². The molecule has 0 unspecified atom stereocenters. The lowest BCUT2D eigenvalue weighted by Gasteiger charge is -2.16. The van der Waals surface area contributed by atoms with Gasteiger partial charge in [0.15, 0.2) is 0 Å². The number of rotatable bonds is 3. The summed E-state index contributed by atoms with van der Waals surface area (Å²) in [5, 5.41) is 9.38. The topological polar surface area (TPSA) is 46.2 Å². The number of hydrogen-bond acceptors (Lipinski definition) is 2. The monoisotopic (exact) mass is 193 g/mol. The van der Waals surface area contributed by atoms with E-state index in [-0.39, 0.29) is 6.04 Å². The Morgan fingerprint density at radius 3 is 2.21 bits per heavy atom. The van der Waals surface area contributed by atoms with Crippen LogP contribution in [0.3, 0.4) is 0 Å². The highest BCUT2D eigenvalue weighted by molar-refractivity contribution is 5.28. The Bertz CT molecular complexity index is 294. The van der Waals surface area contributed by atoms with Crippen LogP contribution in [-0.2, 0) is 0 Å². The van der Waals surface area contributed by atoms with E-state index < -0.39 is 6.10 Å². The van der Waals surface area contributed by atoms with Crippen molar-refractivity contribution in [3.63, 3.8) is 0 Å². The highest BCUT2D eigenvalue weighted by Crippen LogP contribution is 2.20. The van der Waals surface area contributed by atoms with Crippen molar-refractivity contribution in [2.75, 3.05) is 0 Å². The highest BCUT2D eigenvalue weighted by Gasteiger charge is 2.12. The van der Waals surface area contributed by atoms with Crippen molar-refractivity contribution < 1.29 is 5.11 Å². The minimum Gasteiger partial charge on any atom is -0.391 e. The molecule has 1 aromatic carbocycles. The molecular formula is C12H19NO. The van der Waals surface area contributed by atoms with E-state index in [4.69, 9.17) is 5.73 Å². The predicted molar refractivity (Wildman–Crippen MR) is 59.1 cm³/mol. The average Bonchev–Trinajstić information content (AvgIpc) is 2.16. The SMILES string of the molecule is CC(C)c1cccc([C@@H](N)[C@@H](C)O)c1. The highest BCUT2D eigenvalue weighted by atomic mass is 16.3. The molecule has 1 aromatic rings. The maximum Gasteiger partial charge on any atom is 0.0704 e. The molecule has 0 heterocycles. The van der Waals surface area contributed by atoms with E-state index in [9.17, 15) is 5.11 Å². The first-order valence-electron chi connectivity index (χ1n) is 5.06. The molecule has 2 nitrogen and oxygen atoms in total. The van der Waals surface area contributed by atoms with Gasteiger partial charge in [-0.05, 0) is 24.0 Å². The van der Waals surface area contributed by atoms with E-state index in [2.05, 4.69) is 26.0 Å². The molecule has 2 atom stereocenters. The van der Waals surface area contributed by atoms with Crippen LogP contribution >= 0.6 is 0 Å². The zero-order valence-electron chi connectivity index (χ0n) is 9.07. The van der Waals surface area contributed by atoms with Gasteiger partial charge < -0.3 is 10.8 Å². The van der Waals surface area contributed by atoms with Crippen LogP contribution in [0.2, 0.25) is 0 Å². The van der Waals surface area contributed by atoms with Gasteiger partial charge in [-0.3, -0.25) is 0 Å². The van der Waals surface area contributed by atoms with E-state index >= 15 is 0 Å². The van der Waals surface area contributed by atoms with E-state index in [1.165, 1.54) is 5.56 Å². The van der Waals surface area contributed by atoms with Crippen molar-refractivity contribution in [2.45, 2.75) is 38.8 Å². The minimum absolute atomic E-state index is 0.284. The summed E-state index contributed by atoms with van der Waals surface area (Å²) in [5.74, 6) is 0.496. The van der Waals surface area contributed by atoms with Crippen molar-refractivity contribution >= 4 is 0 Å². The summed E-state index contributed by atoms with van der Waals surface area (Å²) in [7, 11) is 0. The number of benzene rings is 1. The molecule has 14 heavy (non-hydrogen) atoms. The molecule has 2 heteroatoms. The maximum atomic E-state index is 9.38. The van der Waals surface area contributed by atoms with Crippen LogP contribution < -0.4 is 5.73 Å². The molecule has 0 fully saturated rings. The predicted octanol–water partition coefficient (Wildman–Crippen LogP) is 2.19.